The van der Waals surface area contributed by atoms with E-state index in [1.165, 1.54) is 5.75 Å². The van der Waals surface area contributed by atoms with Gasteiger partial charge in [0.1, 0.15) is 7.22 Å². The van der Waals surface area contributed by atoms with E-state index in [0.717, 1.165) is 70.8 Å². The van der Waals surface area contributed by atoms with Gasteiger partial charge in [-0.25, -0.2) is 0 Å². The largest absolute Gasteiger partial charge is 0.500 e. The first-order chi connectivity index (χ1) is 12.6. The van der Waals surface area contributed by atoms with Crippen LogP contribution < -0.4 is 0 Å². The van der Waals surface area contributed by atoms with Crippen molar-refractivity contribution >= 4 is 27.2 Å². The SMILES string of the molecule is CCCCO[Si](CCCS[Si](C)(C)C(C)(C)C)(OCCCC)OCCCC. The molecule has 0 N–H and O–H groups in total. The number of rotatable bonds is 17. The maximum absolute atomic E-state index is 6.36. The van der Waals surface area contributed by atoms with E-state index < -0.39 is 16.0 Å². The molecule has 0 aromatic heterocycles. The second-order valence-corrected chi connectivity index (χ2v) is 20.9. The molecule has 0 radical (unpaired) electrons. The van der Waals surface area contributed by atoms with Crippen LogP contribution in [0.25, 0.3) is 0 Å². The van der Waals surface area contributed by atoms with Crippen molar-refractivity contribution in [1.82, 2.24) is 0 Å². The second-order valence-electron chi connectivity index (χ2n) is 9.00. The summed E-state index contributed by atoms with van der Waals surface area (Å²) < 4.78 is 19.1. The molecule has 0 heterocycles. The van der Waals surface area contributed by atoms with Crippen molar-refractivity contribution in [3.8, 4) is 0 Å². The van der Waals surface area contributed by atoms with Gasteiger partial charge in [-0.2, -0.15) is 11.2 Å². The minimum atomic E-state index is -2.55. The third-order valence-electron chi connectivity index (χ3n) is 5.36. The number of unbranched alkanes of at least 4 members (excludes halogenated alkanes) is 3. The predicted octanol–water partition coefficient (Wildman–Crippen LogP) is 7.50. The topological polar surface area (TPSA) is 27.7 Å². The van der Waals surface area contributed by atoms with Crippen molar-refractivity contribution in [1.29, 1.82) is 0 Å². The average molecular weight is 437 g/mol. The van der Waals surface area contributed by atoms with E-state index in [0.29, 0.717) is 5.04 Å². The van der Waals surface area contributed by atoms with Crippen molar-refractivity contribution in [3.63, 3.8) is 0 Å². The molecule has 0 aliphatic carbocycles. The fourth-order valence-corrected chi connectivity index (χ4v) is 9.70. The van der Waals surface area contributed by atoms with Crippen LogP contribution in [0.4, 0.5) is 0 Å². The number of hydrogen-bond acceptors (Lipinski definition) is 4. The summed E-state index contributed by atoms with van der Waals surface area (Å²) in [7, 11) is -3.83. The van der Waals surface area contributed by atoms with Crippen LogP contribution in [0.2, 0.25) is 24.2 Å². The summed E-state index contributed by atoms with van der Waals surface area (Å²) in [5.74, 6) is 1.19. The van der Waals surface area contributed by atoms with E-state index in [1.807, 2.05) is 0 Å². The van der Waals surface area contributed by atoms with Gasteiger partial charge in [0, 0.05) is 25.9 Å². The van der Waals surface area contributed by atoms with Gasteiger partial charge >= 0.3 is 8.80 Å². The van der Waals surface area contributed by atoms with Gasteiger partial charge < -0.3 is 13.3 Å². The average Bonchev–Trinajstić information content (AvgIpc) is 2.58. The third kappa shape index (κ3) is 12.1. The van der Waals surface area contributed by atoms with E-state index in [2.05, 4.69) is 65.8 Å². The van der Waals surface area contributed by atoms with Gasteiger partial charge in [-0.1, -0.05) is 73.9 Å². The molecule has 0 aromatic rings. The highest BCUT2D eigenvalue weighted by atomic mass is 32.4. The highest BCUT2D eigenvalue weighted by Gasteiger charge is 2.41. The van der Waals surface area contributed by atoms with Crippen LogP contribution in [-0.4, -0.2) is 41.6 Å². The number of hydrogen-bond donors (Lipinski definition) is 0. The second kappa shape index (κ2) is 14.6. The smallest absolute Gasteiger partial charge is 0.373 e. The zero-order valence-electron chi connectivity index (χ0n) is 19.6. The summed E-state index contributed by atoms with van der Waals surface area (Å²) in [5, 5.41) is 0.430. The van der Waals surface area contributed by atoms with Crippen LogP contribution in [0.15, 0.2) is 0 Å². The molecule has 164 valence electrons. The Morgan fingerprint density at radius 2 is 1.11 bits per heavy atom. The molecule has 0 fully saturated rings. The Morgan fingerprint density at radius 3 is 1.44 bits per heavy atom. The molecule has 0 saturated heterocycles. The normalized spacial score (nSPS) is 13.3. The molecule has 6 heteroatoms. The van der Waals surface area contributed by atoms with E-state index in [-0.39, 0.29) is 0 Å². The molecule has 0 bridgehead atoms. The van der Waals surface area contributed by atoms with Gasteiger partial charge in [-0.15, -0.1) is 0 Å². The lowest BCUT2D eigenvalue weighted by Gasteiger charge is -2.36. The molecule has 0 atom stereocenters. The Balaban J connectivity index is 4.83. The lowest BCUT2D eigenvalue weighted by Crippen LogP contribution is -2.47. The van der Waals surface area contributed by atoms with Crippen LogP contribution in [-0.2, 0) is 13.3 Å². The van der Waals surface area contributed by atoms with Gasteiger partial charge in [0.15, 0.2) is 0 Å². The van der Waals surface area contributed by atoms with Crippen molar-refractivity contribution in [2.75, 3.05) is 25.6 Å². The van der Waals surface area contributed by atoms with Gasteiger partial charge in [0.05, 0.1) is 0 Å². The van der Waals surface area contributed by atoms with E-state index >= 15 is 0 Å². The van der Waals surface area contributed by atoms with Crippen LogP contribution in [0, 0.1) is 0 Å². The predicted molar refractivity (Wildman–Crippen MR) is 127 cm³/mol. The molecule has 3 nitrogen and oxygen atoms in total. The molecular weight excluding hydrogens is 388 g/mol. The summed E-state index contributed by atoms with van der Waals surface area (Å²) in [6.07, 6.45) is 7.83. The lowest BCUT2D eigenvalue weighted by atomic mass is 10.2. The zero-order chi connectivity index (χ0) is 20.8. The van der Waals surface area contributed by atoms with E-state index in [9.17, 15) is 0 Å². The first-order valence-electron chi connectivity index (χ1n) is 11.2. The molecule has 0 aliphatic rings. The monoisotopic (exact) mass is 436 g/mol. The fraction of sp³-hybridized carbons (Fsp3) is 1.00. The van der Waals surface area contributed by atoms with Crippen LogP contribution in [0.5, 0.6) is 0 Å². The quantitative estimate of drug-likeness (QED) is 0.174. The minimum absolute atomic E-state index is 0.430. The molecular formula is C21H48O3SSi2. The molecule has 0 rings (SSSR count). The molecule has 0 unspecified atom stereocenters. The van der Waals surface area contributed by atoms with Crippen molar-refractivity contribution in [2.45, 2.75) is 111 Å². The fourth-order valence-electron chi connectivity index (χ4n) is 2.29. The van der Waals surface area contributed by atoms with Crippen molar-refractivity contribution in [2.24, 2.45) is 0 Å². The summed E-state index contributed by atoms with van der Waals surface area (Å²) in [4.78, 5) is 0. The van der Waals surface area contributed by atoms with Crippen molar-refractivity contribution in [3.05, 3.63) is 0 Å². The molecule has 27 heavy (non-hydrogen) atoms. The van der Waals surface area contributed by atoms with E-state index in [1.54, 1.807) is 0 Å². The molecule has 0 aromatic carbocycles. The zero-order valence-corrected chi connectivity index (χ0v) is 22.4. The first-order valence-corrected chi connectivity index (χ1v) is 17.8. The van der Waals surface area contributed by atoms with Gasteiger partial charge in [0.25, 0.3) is 0 Å². The standard InChI is InChI=1S/C21H48O3SSi2/c1-9-12-16-22-27(23-17-13-10-2,24-18-14-11-3)20-15-19-25-26(7,8)21(4,5)6/h9-20H2,1-8H3. The maximum Gasteiger partial charge on any atom is 0.500 e. The van der Waals surface area contributed by atoms with Gasteiger partial charge in [-0.05, 0) is 36.5 Å². The van der Waals surface area contributed by atoms with Crippen LogP contribution in [0.1, 0.15) is 86.5 Å². The highest BCUT2D eigenvalue weighted by molar-refractivity contribution is 8.29. The Labute approximate surface area is 176 Å². The summed E-state index contributed by atoms with van der Waals surface area (Å²) in [6.45, 7) is 21.1. The van der Waals surface area contributed by atoms with Gasteiger partial charge in [-0.3, -0.25) is 0 Å². The van der Waals surface area contributed by atoms with Crippen molar-refractivity contribution < 1.29 is 13.3 Å². The maximum atomic E-state index is 6.36. The molecule has 0 spiro atoms. The Kier molecular flexibility index (Phi) is 15.0. The molecule has 0 saturated carbocycles. The summed E-state index contributed by atoms with van der Waals surface area (Å²) in [6, 6.07) is 0.964. The Morgan fingerprint density at radius 1 is 0.704 bits per heavy atom. The lowest BCUT2D eigenvalue weighted by molar-refractivity contribution is 0.0562. The van der Waals surface area contributed by atoms with Crippen LogP contribution in [0.3, 0.4) is 0 Å². The molecule has 0 amide bonds. The Hall–Kier alpha value is 0.664. The summed E-state index contributed by atoms with van der Waals surface area (Å²) >= 11 is 2.21. The summed E-state index contributed by atoms with van der Waals surface area (Å²) in [5.41, 5.74) is 0. The van der Waals surface area contributed by atoms with Crippen LogP contribution >= 0.6 is 11.2 Å². The minimum Gasteiger partial charge on any atom is -0.373 e. The third-order valence-corrected chi connectivity index (χ3v) is 17.7. The first kappa shape index (κ1) is 27.7. The molecule has 0 aliphatic heterocycles. The highest BCUT2D eigenvalue weighted by Crippen LogP contribution is 2.43. The van der Waals surface area contributed by atoms with E-state index in [4.69, 9.17) is 13.3 Å². The van der Waals surface area contributed by atoms with Gasteiger partial charge in [0.2, 0.25) is 0 Å². The Bertz CT molecular complexity index is 333.